The van der Waals surface area contributed by atoms with Crippen LogP contribution in [0.25, 0.3) is 0 Å². The first-order valence-electron chi connectivity index (χ1n) is 8.02. The van der Waals surface area contributed by atoms with E-state index in [1.165, 1.54) is 25.1 Å². The van der Waals surface area contributed by atoms with Crippen molar-refractivity contribution in [3.8, 4) is 5.75 Å². The first kappa shape index (κ1) is 18.9. The van der Waals surface area contributed by atoms with Gasteiger partial charge in [0, 0.05) is 20.3 Å². The SMILES string of the molecule is C=CC(=O)N(C)CC(=O)NC1(c2ccc(OC)c(F)c2)CCOCC1. The van der Waals surface area contributed by atoms with E-state index in [1.54, 1.807) is 12.1 Å². The highest BCUT2D eigenvalue weighted by atomic mass is 19.1. The van der Waals surface area contributed by atoms with E-state index < -0.39 is 11.4 Å². The third-order valence-corrected chi connectivity index (χ3v) is 4.36. The molecule has 7 heteroatoms. The number of benzene rings is 1. The fourth-order valence-electron chi connectivity index (χ4n) is 2.93. The van der Waals surface area contributed by atoms with Gasteiger partial charge in [-0.3, -0.25) is 9.59 Å². The lowest BCUT2D eigenvalue weighted by Crippen LogP contribution is -2.52. The summed E-state index contributed by atoms with van der Waals surface area (Å²) in [5.74, 6) is -1.00. The van der Waals surface area contributed by atoms with E-state index in [0.29, 0.717) is 31.6 Å². The molecule has 0 unspecified atom stereocenters. The van der Waals surface area contributed by atoms with Gasteiger partial charge in [0.1, 0.15) is 0 Å². The van der Waals surface area contributed by atoms with Crippen molar-refractivity contribution < 1.29 is 23.5 Å². The second-order valence-electron chi connectivity index (χ2n) is 5.99. The maximum atomic E-state index is 14.1. The van der Waals surface area contributed by atoms with Crippen molar-refractivity contribution in [1.29, 1.82) is 0 Å². The summed E-state index contributed by atoms with van der Waals surface area (Å²) in [5, 5.41) is 2.97. The summed E-state index contributed by atoms with van der Waals surface area (Å²) in [4.78, 5) is 25.2. The molecule has 1 fully saturated rings. The number of methoxy groups -OCH3 is 1. The second-order valence-corrected chi connectivity index (χ2v) is 5.99. The number of carbonyl (C=O) groups excluding carboxylic acids is 2. The molecule has 1 aliphatic heterocycles. The molecule has 0 radical (unpaired) electrons. The number of hydrogen-bond donors (Lipinski definition) is 1. The van der Waals surface area contributed by atoms with Gasteiger partial charge >= 0.3 is 0 Å². The van der Waals surface area contributed by atoms with Crippen LogP contribution in [0, 0.1) is 5.82 Å². The molecule has 2 amide bonds. The maximum Gasteiger partial charge on any atom is 0.246 e. The molecule has 0 saturated carbocycles. The second kappa shape index (κ2) is 8.11. The topological polar surface area (TPSA) is 67.9 Å². The minimum atomic E-state index is -0.736. The average Bonchev–Trinajstić information content (AvgIpc) is 2.61. The van der Waals surface area contributed by atoms with Crippen LogP contribution in [0.1, 0.15) is 18.4 Å². The summed E-state index contributed by atoms with van der Waals surface area (Å²) in [5.41, 5.74) is -0.0827. The van der Waals surface area contributed by atoms with Gasteiger partial charge in [-0.2, -0.15) is 0 Å². The number of rotatable bonds is 6. The van der Waals surface area contributed by atoms with Gasteiger partial charge < -0.3 is 19.7 Å². The first-order valence-corrected chi connectivity index (χ1v) is 8.02. The third kappa shape index (κ3) is 4.36. The van der Waals surface area contributed by atoms with Gasteiger partial charge in [-0.25, -0.2) is 4.39 Å². The Bertz CT molecular complexity index is 656. The van der Waals surface area contributed by atoms with Crippen LogP contribution in [0.3, 0.4) is 0 Å². The van der Waals surface area contributed by atoms with Gasteiger partial charge in [-0.1, -0.05) is 12.6 Å². The molecule has 2 rings (SSSR count). The van der Waals surface area contributed by atoms with E-state index in [0.717, 1.165) is 6.08 Å². The molecule has 6 nitrogen and oxygen atoms in total. The molecule has 1 aromatic rings. The normalized spacial score (nSPS) is 16.0. The highest BCUT2D eigenvalue weighted by molar-refractivity contribution is 5.90. The predicted molar refractivity (Wildman–Crippen MR) is 90.7 cm³/mol. The number of ether oxygens (including phenoxy) is 2. The summed E-state index contributed by atoms with van der Waals surface area (Å²) >= 11 is 0. The Labute approximate surface area is 146 Å². The van der Waals surface area contributed by atoms with Crippen LogP contribution in [-0.2, 0) is 19.9 Å². The summed E-state index contributed by atoms with van der Waals surface area (Å²) in [6.07, 6.45) is 2.18. The Morgan fingerprint density at radius 1 is 1.44 bits per heavy atom. The van der Waals surface area contributed by atoms with E-state index in [4.69, 9.17) is 9.47 Å². The van der Waals surface area contributed by atoms with Crippen LogP contribution in [0.2, 0.25) is 0 Å². The molecule has 1 saturated heterocycles. The predicted octanol–water partition coefficient (Wildman–Crippen LogP) is 1.60. The Hall–Kier alpha value is -2.41. The molecule has 0 aliphatic carbocycles. The largest absolute Gasteiger partial charge is 0.494 e. The Balaban J connectivity index is 2.23. The number of hydrogen-bond acceptors (Lipinski definition) is 4. The van der Waals surface area contributed by atoms with Gasteiger partial charge in [0.15, 0.2) is 11.6 Å². The van der Waals surface area contributed by atoms with Gasteiger partial charge in [0.2, 0.25) is 11.8 Å². The minimum Gasteiger partial charge on any atom is -0.494 e. The Kier molecular flexibility index (Phi) is 6.14. The molecular weight excluding hydrogens is 327 g/mol. The van der Waals surface area contributed by atoms with Gasteiger partial charge in [-0.15, -0.1) is 0 Å². The molecular formula is C18H23FN2O4. The summed E-state index contributed by atoms with van der Waals surface area (Å²) < 4.78 is 24.5. The zero-order valence-electron chi connectivity index (χ0n) is 14.5. The highest BCUT2D eigenvalue weighted by Gasteiger charge is 2.36. The van der Waals surface area contributed by atoms with Crippen molar-refractivity contribution in [3.05, 3.63) is 42.2 Å². The van der Waals surface area contributed by atoms with Gasteiger partial charge in [0.25, 0.3) is 0 Å². The van der Waals surface area contributed by atoms with Gasteiger partial charge in [-0.05, 0) is 36.6 Å². The van der Waals surface area contributed by atoms with Crippen LogP contribution in [0.4, 0.5) is 4.39 Å². The zero-order valence-corrected chi connectivity index (χ0v) is 14.5. The molecule has 0 aromatic heterocycles. The van der Waals surface area contributed by atoms with Crippen molar-refractivity contribution in [1.82, 2.24) is 10.2 Å². The van der Waals surface area contributed by atoms with Crippen molar-refractivity contribution in [2.75, 3.05) is 33.9 Å². The van der Waals surface area contributed by atoms with Gasteiger partial charge in [0.05, 0.1) is 19.2 Å². The summed E-state index contributed by atoms with van der Waals surface area (Å²) in [6, 6.07) is 4.66. The highest BCUT2D eigenvalue weighted by Crippen LogP contribution is 2.34. The number of halogens is 1. The van der Waals surface area contributed by atoms with Crippen LogP contribution in [0.15, 0.2) is 30.9 Å². The molecule has 1 aromatic carbocycles. The Morgan fingerprint density at radius 2 is 2.12 bits per heavy atom. The monoisotopic (exact) mass is 350 g/mol. The van der Waals surface area contributed by atoms with Crippen molar-refractivity contribution in [3.63, 3.8) is 0 Å². The number of likely N-dealkylation sites (N-methyl/N-ethyl adjacent to an activating group) is 1. The average molecular weight is 350 g/mol. The molecule has 25 heavy (non-hydrogen) atoms. The fourth-order valence-corrected chi connectivity index (χ4v) is 2.93. The van der Waals surface area contributed by atoms with E-state index in [-0.39, 0.29) is 24.1 Å². The van der Waals surface area contributed by atoms with Crippen molar-refractivity contribution >= 4 is 11.8 Å². The van der Waals surface area contributed by atoms with Crippen molar-refractivity contribution in [2.45, 2.75) is 18.4 Å². The number of amides is 2. The van der Waals surface area contributed by atoms with Crippen LogP contribution in [-0.4, -0.2) is 50.6 Å². The maximum absolute atomic E-state index is 14.1. The molecule has 1 heterocycles. The summed E-state index contributed by atoms with van der Waals surface area (Å²) in [7, 11) is 2.92. The lowest BCUT2D eigenvalue weighted by molar-refractivity contribution is -0.132. The molecule has 136 valence electrons. The summed E-state index contributed by atoms with van der Waals surface area (Å²) in [6.45, 7) is 4.20. The Morgan fingerprint density at radius 3 is 2.68 bits per heavy atom. The number of carbonyl (C=O) groups is 2. The first-order chi connectivity index (χ1) is 11.9. The van der Waals surface area contributed by atoms with E-state index in [9.17, 15) is 14.0 Å². The molecule has 1 N–H and O–H groups in total. The van der Waals surface area contributed by atoms with Crippen LogP contribution < -0.4 is 10.1 Å². The van der Waals surface area contributed by atoms with Crippen LogP contribution in [0.5, 0.6) is 5.75 Å². The number of nitrogens with zero attached hydrogens (tertiary/aromatic N) is 1. The standard InChI is InChI=1S/C18H23FN2O4/c1-4-17(23)21(2)12-16(22)20-18(7-9-25-10-8-18)13-5-6-15(24-3)14(19)11-13/h4-6,11H,1,7-10,12H2,2-3H3,(H,20,22). The lowest BCUT2D eigenvalue weighted by atomic mass is 9.82. The molecule has 0 atom stereocenters. The quantitative estimate of drug-likeness (QED) is 0.792. The smallest absolute Gasteiger partial charge is 0.246 e. The zero-order chi connectivity index (χ0) is 18.4. The lowest BCUT2D eigenvalue weighted by Gasteiger charge is -2.39. The minimum absolute atomic E-state index is 0.105. The van der Waals surface area contributed by atoms with E-state index in [1.807, 2.05) is 0 Å². The molecule has 0 bridgehead atoms. The number of nitrogens with one attached hydrogen (secondary N) is 1. The molecule has 1 aliphatic rings. The molecule has 0 spiro atoms. The third-order valence-electron chi connectivity index (χ3n) is 4.36. The van der Waals surface area contributed by atoms with Crippen molar-refractivity contribution in [2.24, 2.45) is 0 Å². The van der Waals surface area contributed by atoms with Crippen LogP contribution >= 0.6 is 0 Å². The van der Waals surface area contributed by atoms with E-state index >= 15 is 0 Å². The van der Waals surface area contributed by atoms with E-state index in [2.05, 4.69) is 11.9 Å². The fraction of sp³-hybridized carbons (Fsp3) is 0.444.